The maximum absolute atomic E-state index is 8.89. The van der Waals surface area contributed by atoms with Crippen molar-refractivity contribution in [2.75, 3.05) is 13.1 Å². The van der Waals surface area contributed by atoms with Crippen molar-refractivity contribution in [3.63, 3.8) is 0 Å². The third-order valence-corrected chi connectivity index (χ3v) is 3.06. The standard InChI is InChI=1S/C15H22N2/c1-13-6-4-5-7-14(13)8-10-17-11-9-15(2,3)12-16/h4-7,17H,8-11H2,1-3H3. The summed E-state index contributed by atoms with van der Waals surface area (Å²) in [5.74, 6) is 0. The van der Waals surface area contributed by atoms with E-state index in [4.69, 9.17) is 5.26 Å². The van der Waals surface area contributed by atoms with Gasteiger partial charge in [0.25, 0.3) is 0 Å². The maximum Gasteiger partial charge on any atom is 0.0684 e. The molecule has 0 fully saturated rings. The molecule has 1 aromatic rings. The number of rotatable bonds is 6. The lowest BCUT2D eigenvalue weighted by Crippen LogP contribution is -2.23. The molecule has 0 saturated heterocycles. The molecule has 0 unspecified atom stereocenters. The number of nitrogens with zero attached hydrogens (tertiary/aromatic N) is 1. The van der Waals surface area contributed by atoms with E-state index >= 15 is 0 Å². The molecular formula is C15H22N2. The Morgan fingerprint density at radius 3 is 2.59 bits per heavy atom. The minimum atomic E-state index is -0.213. The Kier molecular flexibility index (Phi) is 5.18. The minimum Gasteiger partial charge on any atom is -0.316 e. The highest BCUT2D eigenvalue weighted by Crippen LogP contribution is 2.17. The van der Waals surface area contributed by atoms with Crippen molar-refractivity contribution in [2.45, 2.75) is 33.6 Å². The van der Waals surface area contributed by atoms with Crippen LogP contribution in [0.3, 0.4) is 0 Å². The molecule has 2 heteroatoms. The average Bonchev–Trinajstić information content (AvgIpc) is 2.31. The van der Waals surface area contributed by atoms with Gasteiger partial charge in [-0.15, -0.1) is 0 Å². The van der Waals surface area contributed by atoms with Crippen molar-refractivity contribution in [2.24, 2.45) is 5.41 Å². The highest BCUT2D eigenvalue weighted by atomic mass is 14.8. The Bertz CT molecular complexity index is 388. The number of nitrogens with one attached hydrogen (secondary N) is 1. The van der Waals surface area contributed by atoms with E-state index in [0.29, 0.717) is 0 Å². The van der Waals surface area contributed by atoms with Crippen LogP contribution in [0.2, 0.25) is 0 Å². The van der Waals surface area contributed by atoms with Crippen LogP contribution in [0.4, 0.5) is 0 Å². The molecule has 0 aliphatic carbocycles. The summed E-state index contributed by atoms with van der Waals surface area (Å²) in [5.41, 5.74) is 2.54. The summed E-state index contributed by atoms with van der Waals surface area (Å²) >= 11 is 0. The average molecular weight is 230 g/mol. The molecule has 1 N–H and O–H groups in total. The van der Waals surface area contributed by atoms with Crippen LogP contribution >= 0.6 is 0 Å². The molecule has 1 aromatic carbocycles. The third kappa shape index (κ3) is 5.01. The first-order chi connectivity index (χ1) is 8.05. The van der Waals surface area contributed by atoms with E-state index in [-0.39, 0.29) is 5.41 Å². The lowest BCUT2D eigenvalue weighted by molar-refractivity contribution is 0.434. The van der Waals surface area contributed by atoms with E-state index in [1.54, 1.807) is 0 Å². The monoisotopic (exact) mass is 230 g/mol. The van der Waals surface area contributed by atoms with Gasteiger partial charge >= 0.3 is 0 Å². The van der Waals surface area contributed by atoms with Crippen molar-refractivity contribution < 1.29 is 0 Å². The number of aryl methyl sites for hydroxylation is 1. The van der Waals surface area contributed by atoms with Gasteiger partial charge in [0, 0.05) is 0 Å². The smallest absolute Gasteiger partial charge is 0.0684 e. The highest BCUT2D eigenvalue weighted by molar-refractivity contribution is 5.25. The van der Waals surface area contributed by atoms with Crippen molar-refractivity contribution >= 4 is 0 Å². The van der Waals surface area contributed by atoms with Gasteiger partial charge in [0.05, 0.1) is 11.5 Å². The largest absolute Gasteiger partial charge is 0.316 e. The number of hydrogen-bond donors (Lipinski definition) is 1. The first kappa shape index (κ1) is 13.7. The van der Waals surface area contributed by atoms with Crippen LogP contribution in [0.25, 0.3) is 0 Å². The molecule has 0 radical (unpaired) electrons. The molecule has 0 bridgehead atoms. The fourth-order valence-corrected chi connectivity index (χ4v) is 1.70. The molecule has 2 nitrogen and oxygen atoms in total. The van der Waals surface area contributed by atoms with Gasteiger partial charge in [-0.1, -0.05) is 24.3 Å². The predicted molar refractivity (Wildman–Crippen MR) is 71.8 cm³/mol. The zero-order valence-electron chi connectivity index (χ0n) is 11.1. The van der Waals surface area contributed by atoms with Crippen molar-refractivity contribution in [1.82, 2.24) is 5.32 Å². The van der Waals surface area contributed by atoms with Crippen LogP contribution in [-0.2, 0) is 6.42 Å². The predicted octanol–water partition coefficient (Wildman–Crippen LogP) is 3.07. The zero-order chi connectivity index (χ0) is 12.7. The van der Waals surface area contributed by atoms with Crippen LogP contribution < -0.4 is 5.32 Å². The van der Waals surface area contributed by atoms with Gasteiger partial charge < -0.3 is 5.32 Å². The Balaban J connectivity index is 2.22. The summed E-state index contributed by atoms with van der Waals surface area (Å²) in [7, 11) is 0. The Morgan fingerprint density at radius 2 is 1.94 bits per heavy atom. The summed E-state index contributed by atoms with van der Waals surface area (Å²) in [4.78, 5) is 0. The van der Waals surface area contributed by atoms with Crippen molar-refractivity contribution in [3.8, 4) is 6.07 Å². The molecule has 0 saturated carbocycles. The summed E-state index contributed by atoms with van der Waals surface area (Å²) in [6.07, 6.45) is 1.96. The van der Waals surface area contributed by atoms with Gasteiger partial charge in [-0.3, -0.25) is 0 Å². The number of hydrogen-bond acceptors (Lipinski definition) is 2. The Hall–Kier alpha value is -1.33. The molecule has 0 heterocycles. The first-order valence-corrected chi connectivity index (χ1v) is 6.22. The Labute approximate surface area is 105 Å². The van der Waals surface area contributed by atoms with E-state index < -0.39 is 0 Å². The second-order valence-electron chi connectivity index (χ2n) is 5.17. The quantitative estimate of drug-likeness (QED) is 0.762. The molecule has 1 rings (SSSR count). The van der Waals surface area contributed by atoms with Crippen molar-refractivity contribution in [1.29, 1.82) is 5.26 Å². The Morgan fingerprint density at radius 1 is 1.24 bits per heavy atom. The van der Waals surface area contributed by atoms with E-state index in [1.165, 1.54) is 11.1 Å². The number of benzene rings is 1. The molecule has 17 heavy (non-hydrogen) atoms. The summed E-state index contributed by atoms with van der Waals surface area (Å²) in [6, 6.07) is 10.8. The lowest BCUT2D eigenvalue weighted by Gasteiger charge is -2.15. The maximum atomic E-state index is 8.89. The van der Waals surface area contributed by atoms with Gasteiger partial charge in [-0.2, -0.15) is 5.26 Å². The summed E-state index contributed by atoms with van der Waals surface area (Å²) in [5, 5.41) is 12.3. The topological polar surface area (TPSA) is 35.8 Å². The minimum absolute atomic E-state index is 0.213. The van der Waals surface area contributed by atoms with Crippen LogP contribution in [0.5, 0.6) is 0 Å². The fraction of sp³-hybridized carbons (Fsp3) is 0.533. The first-order valence-electron chi connectivity index (χ1n) is 6.22. The van der Waals surface area contributed by atoms with Crippen LogP contribution in [0, 0.1) is 23.7 Å². The highest BCUT2D eigenvalue weighted by Gasteiger charge is 2.15. The van der Waals surface area contributed by atoms with Gasteiger partial charge in [-0.25, -0.2) is 0 Å². The SMILES string of the molecule is Cc1ccccc1CCNCCC(C)(C)C#N. The molecule has 0 atom stereocenters. The fourth-order valence-electron chi connectivity index (χ4n) is 1.70. The molecule has 0 amide bonds. The van der Waals surface area contributed by atoms with Crippen LogP contribution in [0.1, 0.15) is 31.4 Å². The van der Waals surface area contributed by atoms with E-state index in [1.807, 2.05) is 13.8 Å². The van der Waals surface area contributed by atoms with E-state index in [9.17, 15) is 0 Å². The van der Waals surface area contributed by atoms with Gasteiger partial charge in [-0.05, 0) is 57.8 Å². The van der Waals surface area contributed by atoms with Gasteiger partial charge in [0.15, 0.2) is 0 Å². The number of nitriles is 1. The van der Waals surface area contributed by atoms with Crippen LogP contribution in [-0.4, -0.2) is 13.1 Å². The van der Waals surface area contributed by atoms with Gasteiger partial charge in [0.2, 0.25) is 0 Å². The second kappa shape index (κ2) is 6.42. The molecule has 0 aliphatic heterocycles. The summed E-state index contributed by atoms with van der Waals surface area (Å²) in [6.45, 7) is 8.00. The third-order valence-electron chi connectivity index (χ3n) is 3.06. The van der Waals surface area contributed by atoms with Crippen LogP contribution in [0.15, 0.2) is 24.3 Å². The summed E-state index contributed by atoms with van der Waals surface area (Å²) < 4.78 is 0. The molecule has 92 valence electrons. The zero-order valence-corrected chi connectivity index (χ0v) is 11.1. The lowest BCUT2D eigenvalue weighted by atomic mass is 9.91. The molecule has 0 aliphatic rings. The van der Waals surface area contributed by atoms with Gasteiger partial charge in [0.1, 0.15) is 0 Å². The molecule has 0 aromatic heterocycles. The van der Waals surface area contributed by atoms with E-state index in [2.05, 4.69) is 42.6 Å². The normalized spacial score (nSPS) is 11.2. The van der Waals surface area contributed by atoms with Crippen molar-refractivity contribution in [3.05, 3.63) is 35.4 Å². The molecular weight excluding hydrogens is 208 g/mol. The second-order valence-corrected chi connectivity index (χ2v) is 5.17. The molecule has 0 spiro atoms. The van der Waals surface area contributed by atoms with E-state index in [0.717, 1.165) is 25.9 Å².